The lowest BCUT2D eigenvalue weighted by Crippen LogP contribution is -2.39. The molecule has 1 amide bonds. The molecule has 0 aromatic heterocycles. The molecular formula is C22H25FN4O2. The second kappa shape index (κ2) is 8.63. The summed E-state index contributed by atoms with van der Waals surface area (Å²) in [5, 5.41) is 9.35. The van der Waals surface area contributed by atoms with Crippen LogP contribution >= 0.6 is 0 Å². The van der Waals surface area contributed by atoms with Gasteiger partial charge in [-0.15, -0.1) is 0 Å². The van der Waals surface area contributed by atoms with Gasteiger partial charge >= 0.3 is 0 Å². The second-order valence-electron chi connectivity index (χ2n) is 7.26. The fraction of sp³-hybridized carbons (Fsp3) is 0.318. The number of amides is 1. The zero-order valence-corrected chi connectivity index (χ0v) is 16.4. The molecule has 0 atom stereocenters. The fourth-order valence-electron chi connectivity index (χ4n) is 3.59. The molecule has 1 saturated heterocycles. The molecule has 0 radical (unpaired) electrons. The first-order chi connectivity index (χ1) is 14.1. The maximum absolute atomic E-state index is 13.3. The number of nitrogens with zero attached hydrogens (tertiary/aromatic N) is 1. The second-order valence-corrected chi connectivity index (χ2v) is 7.26. The van der Waals surface area contributed by atoms with Gasteiger partial charge in [0.2, 0.25) is 0 Å². The van der Waals surface area contributed by atoms with Crippen molar-refractivity contribution in [2.24, 2.45) is 0 Å². The normalized spacial score (nSPS) is 17.9. The highest BCUT2D eigenvalue weighted by Gasteiger charge is 2.24. The molecule has 3 N–H and O–H groups in total. The first-order valence-electron chi connectivity index (χ1n) is 9.83. The molecule has 0 unspecified atom stereocenters. The van der Waals surface area contributed by atoms with Crippen LogP contribution in [-0.2, 0) is 9.53 Å². The van der Waals surface area contributed by atoms with E-state index in [0.717, 1.165) is 56.3 Å². The average Bonchev–Trinajstić information content (AvgIpc) is 3.02. The van der Waals surface area contributed by atoms with Gasteiger partial charge in [-0.1, -0.05) is 0 Å². The molecule has 0 aliphatic carbocycles. The Bertz CT molecular complexity index is 938. The zero-order valence-electron chi connectivity index (χ0n) is 16.4. The number of rotatable bonds is 6. The standard InChI is InChI=1S/C22H25FN4O2/c1-15-12-17(3-5-20(15)24-6-7-27-8-10-29-11-9-27)25-14-19-18-4-2-16(23)13-21(18)26-22(19)28/h2-5,12-14,24-25H,6-11H2,1H3,(H,26,28)/b19-14+. The summed E-state index contributed by atoms with van der Waals surface area (Å²) in [7, 11) is 0. The number of fused-ring (bicyclic) bond motifs is 1. The number of anilines is 3. The number of benzene rings is 2. The largest absolute Gasteiger partial charge is 0.384 e. The maximum Gasteiger partial charge on any atom is 0.257 e. The molecule has 2 aromatic carbocycles. The smallest absolute Gasteiger partial charge is 0.257 e. The van der Waals surface area contributed by atoms with Gasteiger partial charge in [0.1, 0.15) is 5.82 Å². The Hall–Kier alpha value is -2.90. The molecule has 1 fully saturated rings. The van der Waals surface area contributed by atoms with E-state index in [0.29, 0.717) is 16.8 Å². The van der Waals surface area contributed by atoms with Crippen molar-refractivity contribution in [3.05, 3.63) is 59.5 Å². The molecule has 29 heavy (non-hydrogen) atoms. The average molecular weight is 396 g/mol. The van der Waals surface area contributed by atoms with Crippen molar-refractivity contribution < 1.29 is 13.9 Å². The van der Waals surface area contributed by atoms with E-state index in [4.69, 9.17) is 4.74 Å². The van der Waals surface area contributed by atoms with Crippen molar-refractivity contribution in [2.75, 3.05) is 55.3 Å². The van der Waals surface area contributed by atoms with Crippen LogP contribution in [0.1, 0.15) is 11.1 Å². The highest BCUT2D eigenvalue weighted by molar-refractivity contribution is 6.31. The van der Waals surface area contributed by atoms with Crippen LogP contribution < -0.4 is 16.0 Å². The predicted octanol–water partition coefficient (Wildman–Crippen LogP) is 3.28. The topological polar surface area (TPSA) is 65.6 Å². The summed E-state index contributed by atoms with van der Waals surface area (Å²) in [6, 6.07) is 10.3. The number of morpholine rings is 1. The maximum atomic E-state index is 13.3. The Labute approximate surface area is 169 Å². The summed E-state index contributed by atoms with van der Waals surface area (Å²) in [5.41, 5.74) is 4.79. The molecule has 152 valence electrons. The molecule has 7 heteroatoms. The van der Waals surface area contributed by atoms with Crippen molar-refractivity contribution >= 4 is 28.5 Å². The number of hydrogen-bond acceptors (Lipinski definition) is 5. The number of carbonyl (C=O) groups is 1. The lowest BCUT2D eigenvalue weighted by Gasteiger charge is -2.26. The molecule has 0 saturated carbocycles. The van der Waals surface area contributed by atoms with Crippen LogP contribution in [0.15, 0.2) is 42.6 Å². The van der Waals surface area contributed by atoms with Gasteiger partial charge < -0.3 is 20.7 Å². The molecule has 2 aliphatic heterocycles. The van der Waals surface area contributed by atoms with E-state index in [1.165, 1.54) is 12.1 Å². The van der Waals surface area contributed by atoms with Crippen LogP contribution in [0.5, 0.6) is 0 Å². The Morgan fingerprint density at radius 1 is 1.21 bits per heavy atom. The van der Waals surface area contributed by atoms with Crippen LogP contribution in [-0.4, -0.2) is 50.2 Å². The quantitative estimate of drug-likeness (QED) is 0.654. The van der Waals surface area contributed by atoms with Crippen molar-refractivity contribution in [1.29, 1.82) is 0 Å². The molecule has 2 aromatic rings. The molecular weight excluding hydrogens is 371 g/mol. The van der Waals surface area contributed by atoms with E-state index in [2.05, 4.69) is 27.8 Å². The first kappa shape index (κ1) is 19.4. The molecule has 2 heterocycles. The molecule has 0 spiro atoms. The molecule has 4 rings (SSSR count). The van der Waals surface area contributed by atoms with Gasteiger partial charge in [0.05, 0.1) is 24.5 Å². The third-order valence-electron chi connectivity index (χ3n) is 5.22. The lowest BCUT2D eigenvalue weighted by molar-refractivity contribution is -0.110. The van der Waals surface area contributed by atoms with E-state index >= 15 is 0 Å². The van der Waals surface area contributed by atoms with Crippen LogP contribution in [0.4, 0.5) is 21.5 Å². The van der Waals surface area contributed by atoms with Crippen LogP contribution in [0.3, 0.4) is 0 Å². The third-order valence-corrected chi connectivity index (χ3v) is 5.22. The van der Waals surface area contributed by atoms with Crippen LogP contribution in [0.25, 0.3) is 5.57 Å². The van der Waals surface area contributed by atoms with E-state index in [1.54, 1.807) is 12.3 Å². The van der Waals surface area contributed by atoms with Gasteiger partial charge in [0.25, 0.3) is 5.91 Å². The lowest BCUT2D eigenvalue weighted by atomic mass is 10.1. The SMILES string of the molecule is Cc1cc(N/C=C2/C(=O)Nc3cc(F)ccc32)ccc1NCCN1CCOCC1. The highest BCUT2D eigenvalue weighted by atomic mass is 19.1. The summed E-state index contributed by atoms with van der Waals surface area (Å²) < 4.78 is 18.7. The Morgan fingerprint density at radius 3 is 2.83 bits per heavy atom. The minimum Gasteiger partial charge on any atom is -0.384 e. The number of aryl methyl sites for hydroxylation is 1. The minimum absolute atomic E-state index is 0.240. The summed E-state index contributed by atoms with van der Waals surface area (Å²) in [4.78, 5) is 14.6. The summed E-state index contributed by atoms with van der Waals surface area (Å²) >= 11 is 0. The first-order valence-corrected chi connectivity index (χ1v) is 9.83. The van der Waals surface area contributed by atoms with Gasteiger partial charge in [0, 0.05) is 49.3 Å². The summed E-state index contributed by atoms with van der Waals surface area (Å²) in [6.45, 7) is 7.52. The van der Waals surface area contributed by atoms with Gasteiger partial charge in [-0.2, -0.15) is 0 Å². The van der Waals surface area contributed by atoms with E-state index in [1.807, 2.05) is 18.2 Å². The van der Waals surface area contributed by atoms with Gasteiger partial charge in [-0.3, -0.25) is 9.69 Å². The molecule has 2 aliphatic rings. The fourth-order valence-corrected chi connectivity index (χ4v) is 3.59. The van der Waals surface area contributed by atoms with Crippen molar-refractivity contribution in [3.8, 4) is 0 Å². The monoisotopic (exact) mass is 396 g/mol. The number of nitrogens with one attached hydrogen (secondary N) is 3. The molecule has 6 nitrogen and oxygen atoms in total. The van der Waals surface area contributed by atoms with Crippen LogP contribution in [0.2, 0.25) is 0 Å². The van der Waals surface area contributed by atoms with E-state index < -0.39 is 0 Å². The van der Waals surface area contributed by atoms with Gasteiger partial charge in [0.15, 0.2) is 0 Å². The van der Waals surface area contributed by atoms with E-state index in [-0.39, 0.29) is 11.7 Å². The number of ether oxygens (including phenoxy) is 1. The molecule has 0 bridgehead atoms. The number of carbonyl (C=O) groups excluding carboxylic acids is 1. The zero-order chi connectivity index (χ0) is 20.2. The van der Waals surface area contributed by atoms with Crippen molar-refractivity contribution in [1.82, 2.24) is 4.90 Å². The third kappa shape index (κ3) is 4.58. The summed E-state index contributed by atoms with van der Waals surface area (Å²) in [5.74, 6) is -0.609. The predicted molar refractivity (Wildman–Crippen MR) is 114 cm³/mol. The Kier molecular flexibility index (Phi) is 5.78. The van der Waals surface area contributed by atoms with E-state index in [9.17, 15) is 9.18 Å². The van der Waals surface area contributed by atoms with Crippen LogP contribution in [0, 0.1) is 12.7 Å². The highest BCUT2D eigenvalue weighted by Crippen LogP contribution is 2.32. The minimum atomic E-state index is -0.370. The van der Waals surface area contributed by atoms with Crippen molar-refractivity contribution in [3.63, 3.8) is 0 Å². The Morgan fingerprint density at radius 2 is 2.03 bits per heavy atom. The summed E-state index contributed by atoms with van der Waals surface area (Å²) in [6.07, 6.45) is 1.67. The van der Waals surface area contributed by atoms with Gasteiger partial charge in [-0.25, -0.2) is 4.39 Å². The van der Waals surface area contributed by atoms with Crippen molar-refractivity contribution in [2.45, 2.75) is 6.92 Å². The Balaban J connectivity index is 1.37. The number of halogens is 1. The number of hydrogen-bond donors (Lipinski definition) is 3. The van der Waals surface area contributed by atoms with Gasteiger partial charge in [-0.05, 0) is 48.9 Å².